The normalized spacial score (nSPS) is 19.2. The summed E-state index contributed by atoms with van der Waals surface area (Å²) in [7, 11) is 1.28. The molecule has 0 spiro atoms. The Hall–Kier alpha value is -2.16. The Bertz CT molecular complexity index is 474. The minimum atomic E-state index is -0.733. The number of nitrogens with two attached hydrogens (primary N) is 1. The van der Waals surface area contributed by atoms with Crippen molar-refractivity contribution >= 4 is 17.8 Å². The molecule has 9 heteroatoms. The van der Waals surface area contributed by atoms with E-state index in [-0.39, 0.29) is 24.9 Å². The van der Waals surface area contributed by atoms with E-state index in [1.807, 2.05) is 0 Å². The predicted molar refractivity (Wildman–Crippen MR) is 62.8 cm³/mol. The zero-order chi connectivity index (χ0) is 13.8. The van der Waals surface area contributed by atoms with Crippen LogP contribution < -0.4 is 5.73 Å². The van der Waals surface area contributed by atoms with Gasteiger partial charge in [0.25, 0.3) is 0 Å². The third-order valence-electron chi connectivity index (χ3n) is 2.73. The van der Waals surface area contributed by atoms with Crippen LogP contribution in [0.15, 0.2) is 6.33 Å². The van der Waals surface area contributed by atoms with Crippen molar-refractivity contribution in [2.75, 3.05) is 32.5 Å². The number of methoxy groups -OCH3 is 1. The molecule has 1 unspecified atom stereocenters. The van der Waals surface area contributed by atoms with E-state index in [1.165, 1.54) is 23.0 Å². The number of carbonyl (C=O) groups excluding carboxylic acids is 2. The number of ether oxygens (including phenoxy) is 2. The number of amides is 1. The van der Waals surface area contributed by atoms with Crippen molar-refractivity contribution in [3.8, 4) is 0 Å². The van der Waals surface area contributed by atoms with E-state index in [0.29, 0.717) is 13.2 Å². The molecule has 2 N–H and O–H groups in total. The van der Waals surface area contributed by atoms with Gasteiger partial charge in [-0.25, -0.2) is 14.5 Å². The summed E-state index contributed by atoms with van der Waals surface area (Å²) < 4.78 is 11.2. The van der Waals surface area contributed by atoms with Crippen molar-refractivity contribution in [1.29, 1.82) is 0 Å². The zero-order valence-electron chi connectivity index (χ0n) is 10.5. The van der Waals surface area contributed by atoms with Crippen molar-refractivity contribution in [2.45, 2.75) is 12.6 Å². The highest BCUT2D eigenvalue weighted by molar-refractivity contribution is 5.79. The fourth-order valence-corrected chi connectivity index (χ4v) is 1.77. The number of esters is 1. The van der Waals surface area contributed by atoms with Gasteiger partial charge in [-0.3, -0.25) is 4.79 Å². The summed E-state index contributed by atoms with van der Waals surface area (Å²) in [6, 6.07) is 0. The van der Waals surface area contributed by atoms with Crippen molar-refractivity contribution < 1.29 is 19.1 Å². The number of aromatic nitrogens is 3. The molecule has 0 bridgehead atoms. The molecule has 19 heavy (non-hydrogen) atoms. The van der Waals surface area contributed by atoms with Crippen LogP contribution in [0.4, 0.5) is 5.95 Å². The minimum Gasteiger partial charge on any atom is -0.467 e. The van der Waals surface area contributed by atoms with Gasteiger partial charge in [0.2, 0.25) is 11.9 Å². The van der Waals surface area contributed by atoms with E-state index >= 15 is 0 Å². The summed E-state index contributed by atoms with van der Waals surface area (Å²) in [5, 5.41) is 3.83. The fraction of sp³-hybridized carbons (Fsp3) is 0.600. The number of hydrogen-bond donors (Lipinski definition) is 1. The van der Waals surface area contributed by atoms with Crippen LogP contribution in [0, 0.1) is 0 Å². The van der Waals surface area contributed by atoms with Crippen LogP contribution in [0.3, 0.4) is 0 Å². The molecule has 9 nitrogen and oxygen atoms in total. The Kier molecular flexibility index (Phi) is 3.95. The van der Waals surface area contributed by atoms with Gasteiger partial charge in [-0.15, -0.1) is 5.10 Å². The summed E-state index contributed by atoms with van der Waals surface area (Å²) in [6.07, 6.45) is 0.648. The largest absolute Gasteiger partial charge is 0.467 e. The number of morpholine rings is 1. The van der Waals surface area contributed by atoms with Crippen molar-refractivity contribution in [1.82, 2.24) is 19.7 Å². The third-order valence-corrected chi connectivity index (χ3v) is 2.73. The highest BCUT2D eigenvalue weighted by Gasteiger charge is 2.29. The first-order chi connectivity index (χ1) is 9.10. The number of anilines is 1. The van der Waals surface area contributed by atoms with Crippen molar-refractivity contribution in [3.63, 3.8) is 0 Å². The van der Waals surface area contributed by atoms with E-state index in [9.17, 15) is 9.59 Å². The lowest BCUT2D eigenvalue weighted by atomic mass is 10.2. The number of carbonyl (C=O) groups is 2. The Labute approximate surface area is 109 Å². The van der Waals surface area contributed by atoms with Crippen LogP contribution in [0.5, 0.6) is 0 Å². The molecular weight excluding hydrogens is 254 g/mol. The summed E-state index contributed by atoms with van der Waals surface area (Å²) in [4.78, 5) is 28.7. The fourth-order valence-electron chi connectivity index (χ4n) is 1.77. The molecule has 0 aromatic carbocycles. The van der Waals surface area contributed by atoms with Gasteiger partial charge in [0.1, 0.15) is 12.9 Å². The second kappa shape index (κ2) is 5.65. The van der Waals surface area contributed by atoms with E-state index in [0.717, 1.165) is 0 Å². The Morgan fingerprint density at radius 1 is 1.63 bits per heavy atom. The predicted octanol–water partition coefficient (Wildman–Crippen LogP) is -1.74. The summed E-state index contributed by atoms with van der Waals surface area (Å²) in [5.41, 5.74) is 5.36. The Balaban J connectivity index is 1.93. The SMILES string of the molecule is COC(=O)C1CN(C(=O)Cn2cnc(N)n2)CCO1. The average Bonchev–Trinajstić information content (AvgIpc) is 2.83. The lowest BCUT2D eigenvalue weighted by Crippen LogP contribution is -2.49. The first-order valence-corrected chi connectivity index (χ1v) is 5.72. The van der Waals surface area contributed by atoms with Gasteiger partial charge in [-0.2, -0.15) is 0 Å². The summed E-state index contributed by atoms with van der Waals surface area (Å²) in [5.74, 6) is -0.549. The first-order valence-electron chi connectivity index (χ1n) is 5.72. The topological polar surface area (TPSA) is 113 Å². The molecule has 1 aliphatic heterocycles. The lowest BCUT2D eigenvalue weighted by molar-refractivity contribution is -0.162. The van der Waals surface area contributed by atoms with E-state index in [4.69, 9.17) is 10.5 Å². The van der Waals surface area contributed by atoms with Crippen LogP contribution in [0.2, 0.25) is 0 Å². The molecular formula is C10H15N5O4. The molecule has 1 aromatic heterocycles. The quantitative estimate of drug-likeness (QED) is 0.648. The van der Waals surface area contributed by atoms with E-state index in [1.54, 1.807) is 0 Å². The van der Waals surface area contributed by atoms with Gasteiger partial charge in [-0.05, 0) is 0 Å². The molecule has 2 rings (SSSR count). The van der Waals surface area contributed by atoms with E-state index in [2.05, 4.69) is 14.8 Å². The van der Waals surface area contributed by atoms with Crippen LogP contribution in [0.25, 0.3) is 0 Å². The molecule has 0 aliphatic carbocycles. The second-order valence-electron chi connectivity index (χ2n) is 4.02. The number of nitrogens with zero attached hydrogens (tertiary/aromatic N) is 4. The molecule has 1 amide bonds. The highest BCUT2D eigenvalue weighted by Crippen LogP contribution is 2.07. The molecule has 1 fully saturated rings. The maximum atomic E-state index is 12.0. The van der Waals surface area contributed by atoms with Crippen LogP contribution in [-0.4, -0.2) is 64.5 Å². The maximum Gasteiger partial charge on any atom is 0.336 e. The molecule has 1 atom stereocenters. The van der Waals surface area contributed by atoms with Gasteiger partial charge in [0, 0.05) is 6.54 Å². The average molecular weight is 269 g/mol. The van der Waals surface area contributed by atoms with Crippen LogP contribution in [-0.2, 0) is 25.6 Å². The van der Waals surface area contributed by atoms with Crippen molar-refractivity contribution in [3.05, 3.63) is 6.33 Å². The maximum absolute atomic E-state index is 12.0. The molecule has 1 aliphatic rings. The molecule has 0 radical (unpaired) electrons. The second-order valence-corrected chi connectivity index (χ2v) is 4.02. The van der Waals surface area contributed by atoms with Gasteiger partial charge in [0.15, 0.2) is 6.10 Å². The number of hydrogen-bond acceptors (Lipinski definition) is 7. The first kappa shape index (κ1) is 13.3. The molecule has 1 saturated heterocycles. The molecule has 2 heterocycles. The van der Waals surface area contributed by atoms with E-state index < -0.39 is 12.1 Å². The standard InChI is InChI=1S/C10H15N5O4/c1-18-9(17)7-4-14(2-3-19-7)8(16)5-15-6-12-10(11)13-15/h6-7H,2-5H2,1H3,(H2,11,13). The van der Waals surface area contributed by atoms with Crippen molar-refractivity contribution in [2.24, 2.45) is 0 Å². The van der Waals surface area contributed by atoms with Gasteiger partial charge in [0.05, 0.1) is 20.3 Å². The summed E-state index contributed by atoms with van der Waals surface area (Å²) in [6.45, 7) is 0.926. The van der Waals surface area contributed by atoms with Crippen LogP contribution in [0.1, 0.15) is 0 Å². The summed E-state index contributed by atoms with van der Waals surface area (Å²) >= 11 is 0. The number of nitrogen functional groups attached to an aromatic ring is 1. The highest BCUT2D eigenvalue weighted by atomic mass is 16.6. The van der Waals surface area contributed by atoms with Gasteiger partial charge in [-0.1, -0.05) is 0 Å². The lowest BCUT2D eigenvalue weighted by Gasteiger charge is -2.31. The molecule has 104 valence electrons. The number of rotatable bonds is 3. The Morgan fingerprint density at radius 3 is 3.05 bits per heavy atom. The van der Waals surface area contributed by atoms with Crippen LogP contribution >= 0.6 is 0 Å². The minimum absolute atomic E-state index is 0.0259. The smallest absolute Gasteiger partial charge is 0.336 e. The monoisotopic (exact) mass is 269 g/mol. The molecule has 1 aromatic rings. The van der Waals surface area contributed by atoms with Gasteiger partial charge < -0.3 is 20.1 Å². The zero-order valence-corrected chi connectivity index (χ0v) is 10.5. The third kappa shape index (κ3) is 3.19. The Morgan fingerprint density at radius 2 is 2.42 bits per heavy atom. The molecule has 0 saturated carbocycles. The van der Waals surface area contributed by atoms with Gasteiger partial charge >= 0.3 is 5.97 Å².